The van der Waals surface area contributed by atoms with Crippen LogP contribution in [0.5, 0.6) is 0 Å². The van der Waals surface area contributed by atoms with Crippen molar-refractivity contribution in [3.05, 3.63) is 17.5 Å². The number of aliphatic hydroxyl groups excluding tert-OH is 1. The smallest absolute Gasteiger partial charge is 0.273 e. The van der Waals surface area contributed by atoms with Crippen molar-refractivity contribution in [2.45, 2.75) is 38.3 Å². The van der Waals surface area contributed by atoms with E-state index in [2.05, 4.69) is 10.5 Å². The number of methoxy groups -OCH3 is 1. The standard InChI is InChI=1S/C13H20N2O4/c1-18-8-10-6-12(15-19-10)13(17)14-11-5-3-2-4-9(11)7-16/h6,9,11,16H,2-5,7-8H2,1H3,(H,14,17). The molecule has 1 aromatic heterocycles. The Morgan fingerprint density at radius 2 is 2.37 bits per heavy atom. The molecule has 2 N–H and O–H groups in total. The minimum atomic E-state index is -0.253. The molecule has 2 unspecified atom stereocenters. The van der Waals surface area contributed by atoms with Gasteiger partial charge in [0.25, 0.3) is 5.91 Å². The fourth-order valence-electron chi connectivity index (χ4n) is 2.49. The number of hydrogen-bond donors (Lipinski definition) is 2. The van der Waals surface area contributed by atoms with E-state index in [1.807, 2.05) is 0 Å². The first-order chi connectivity index (χ1) is 9.24. The maximum atomic E-state index is 12.0. The molecule has 1 heterocycles. The average Bonchev–Trinajstić information content (AvgIpc) is 2.88. The van der Waals surface area contributed by atoms with Crippen LogP contribution in [-0.2, 0) is 11.3 Å². The summed E-state index contributed by atoms with van der Waals surface area (Å²) < 4.78 is 9.89. The SMILES string of the molecule is COCc1cc(C(=O)NC2CCCCC2CO)no1. The van der Waals surface area contributed by atoms with Gasteiger partial charge in [0.2, 0.25) is 0 Å². The maximum absolute atomic E-state index is 12.0. The van der Waals surface area contributed by atoms with Crippen LogP contribution in [-0.4, -0.2) is 35.9 Å². The van der Waals surface area contributed by atoms with Gasteiger partial charge >= 0.3 is 0 Å². The van der Waals surface area contributed by atoms with Crippen molar-refractivity contribution in [1.29, 1.82) is 0 Å². The molecular formula is C13H20N2O4. The maximum Gasteiger partial charge on any atom is 0.273 e. The van der Waals surface area contributed by atoms with Crippen molar-refractivity contribution >= 4 is 5.91 Å². The van der Waals surface area contributed by atoms with Crippen LogP contribution in [0.2, 0.25) is 0 Å². The molecule has 0 aromatic carbocycles. The van der Waals surface area contributed by atoms with Gasteiger partial charge in [-0.05, 0) is 12.8 Å². The zero-order valence-electron chi connectivity index (χ0n) is 11.1. The molecule has 0 spiro atoms. The van der Waals surface area contributed by atoms with Crippen LogP contribution in [0.15, 0.2) is 10.6 Å². The van der Waals surface area contributed by atoms with Crippen LogP contribution < -0.4 is 5.32 Å². The van der Waals surface area contributed by atoms with E-state index in [9.17, 15) is 9.90 Å². The quantitative estimate of drug-likeness (QED) is 0.835. The molecule has 0 radical (unpaired) electrons. The van der Waals surface area contributed by atoms with E-state index in [1.54, 1.807) is 13.2 Å². The molecular weight excluding hydrogens is 248 g/mol. The Morgan fingerprint density at radius 1 is 1.58 bits per heavy atom. The Labute approximate surface area is 112 Å². The van der Waals surface area contributed by atoms with Crippen molar-refractivity contribution < 1.29 is 19.2 Å². The lowest BCUT2D eigenvalue weighted by Crippen LogP contribution is -2.43. The average molecular weight is 268 g/mol. The second-order valence-electron chi connectivity index (χ2n) is 4.92. The van der Waals surface area contributed by atoms with E-state index < -0.39 is 0 Å². The highest BCUT2D eigenvalue weighted by molar-refractivity contribution is 5.92. The summed E-state index contributed by atoms with van der Waals surface area (Å²) in [5.41, 5.74) is 0.259. The van der Waals surface area contributed by atoms with Gasteiger partial charge in [0.05, 0.1) is 0 Å². The number of hydrogen-bond acceptors (Lipinski definition) is 5. The number of carbonyl (C=O) groups excluding carboxylic acids is 1. The Kier molecular flexibility index (Phi) is 4.93. The first-order valence-electron chi connectivity index (χ1n) is 6.61. The topological polar surface area (TPSA) is 84.6 Å². The van der Waals surface area contributed by atoms with Crippen molar-refractivity contribution in [2.24, 2.45) is 5.92 Å². The fourth-order valence-corrected chi connectivity index (χ4v) is 2.49. The molecule has 6 heteroatoms. The highest BCUT2D eigenvalue weighted by Crippen LogP contribution is 2.24. The number of rotatable bonds is 5. The molecule has 6 nitrogen and oxygen atoms in total. The second kappa shape index (κ2) is 6.68. The number of nitrogens with one attached hydrogen (secondary N) is 1. The van der Waals surface area contributed by atoms with E-state index in [1.165, 1.54) is 0 Å². The number of nitrogens with zero attached hydrogens (tertiary/aromatic N) is 1. The van der Waals surface area contributed by atoms with E-state index in [0.29, 0.717) is 12.4 Å². The molecule has 0 saturated heterocycles. The van der Waals surface area contributed by atoms with Crippen LogP contribution in [0.4, 0.5) is 0 Å². The highest BCUT2D eigenvalue weighted by Gasteiger charge is 2.27. The monoisotopic (exact) mass is 268 g/mol. The predicted molar refractivity (Wildman–Crippen MR) is 67.5 cm³/mol. The lowest BCUT2D eigenvalue weighted by molar-refractivity contribution is 0.0863. The van der Waals surface area contributed by atoms with Gasteiger partial charge in [-0.3, -0.25) is 4.79 Å². The van der Waals surface area contributed by atoms with Gasteiger partial charge in [0, 0.05) is 31.7 Å². The zero-order valence-corrected chi connectivity index (χ0v) is 11.1. The molecule has 19 heavy (non-hydrogen) atoms. The summed E-state index contributed by atoms with van der Waals surface area (Å²) in [4.78, 5) is 12.0. The minimum absolute atomic E-state index is 0.0221. The molecule has 2 atom stereocenters. The summed E-state index contributed by atoms with van der Waals surface area (Å²) in [5.74, 6) is 0.412. The normalized spacial score (nSPS) is 23.3. The Bertz CT molecular complexity index is 419. The number of aliphatic hydroxyl groups is 1. The lowest BCUT2D eigenvalue weighted by Gasteiger charge is -2.30. The predicted octanol–water partition coefficient (Wildman–Crippen LogP) is 1.10. The largest absolute Gasteiger partial charge is 0.396 e. The molecule has 1 aromatic rings. The summed E-state index contributed by atoms with van der Waals surface area (Å²) in [6.07, 6.45) is 4.05. The van der Waals surface area contributed by atoms with Crippen LogP contribution >= 0.6 is 0 Å². The molecule has 106 valence electrons. The second-order valence-corrected chi connectivity index (χ2v) is 4.92. The van der Waals surface area contributed by atoms with E-state index in [-0.39, 0.29) is 30.2 Å². The third-order valence-electron chi connectivity index (χ3n) is 3.54. The Morgan fingerprint density at radius 3 is 3.11 bits per heavy atom. The van der Waals surface area contributed by atoms with Gasteiger partial charge < -0.3 is 19.7 Å². The van der Waals surface area contributed by atoms with Crippen LogP contribution in [0, 0.1) is 5.92 Å². The number of carbonyl (C=O) groups is 1. The fraction of sp³-hybridized carbons (Fsp3) is 0.692. The molecule has 0 bridgehead atoms. The first-order valence-corrected chi connectivity index (χ1v) is 6.61. The minimum Gasteiger partial charge on any atom is -0.396 e. The molecule has 1 aliphatic rings. The van der Waals surface area contributed by atoms with E-state index >= 15 is 0 Å². The summed E-state index contributed by atoms with van der Waals surface area (Å²) in [7, 11) is 1.55. The van der Waals surface area contributed by atoms with Gasteiger partial charge in [-0.25, -0.2) is 0 Å². The molecule has 1 fully saturated rings. The summed E-state index contributed by atoms with van der Waals surface area (Å²) in [6, 6.07) is 1.60. The molecule has 0 aliphatic heterocycles. The number of aromatic nitrogens is 1. The van der Waals surface area contributed by atoms with Gasteiger partial charge in [-0.15, -0.1) is 0 Å². The van der Waals surface area contributed by atoms with Crippen molar-refractivity contribution in [2.75, 3.05) is 13.7 Å². The third kappa shape index (κ3) is 3.54. The van der Waals surface area contributed by atoms with Gasteiger partial charge in [0.15, 0.2) is 11.5 Å². The lowest BCUT2D eigenvalue weighted by atomic mass is 9.85. The first kappa shape index (κ1) is 14.0. The van der Waals surface area contributed by atoms with Crippen molar-refractivity contribution in [3.8, 4) is 0 Å². The van der Waals surface area contributed by atoms with E-state index in [4.69, 9.17) is 9.26 Å². The van der Waals surface area contributed by atoms with Gasteiger partial charge in [-0.1, -0.05) is 18.0 Å². The van der Waals surface area contributed by atoms with Crippen molar-refractivity contribution in [1.82, 2.24) is 10.5 Å². The van der Waals surface area contributed by atoms with Crippen LogP contribution in [0.1, 0.15) is 41.9 Å². The summed E-state index contributed by atoms with van der Waals surface area (Å²) in [6.45, 7) is 0.404. The Balaban J connectivity index is 1.95. The highest BCUT2D eigenvalue weighted by atomic mass is 16.5. The van der Waals surface area contributed by atoms with E-state index in [0.717, 1.165) is 25.7 Å². The van der Waals surface area contributed by atoms with Crippen LogP contribution in [0.3, 0.4) is 0 Å². The zero-order chi connectivity index (χ0) is 13.7. The van der Waals surface area contributed by atoms with Gasteiger partial charge in [0.1, 0.15) is 6.61 Å². The van der Waals surface area contributed by atoms with Crippen molar-refractivity contribution in [3.63, 3.8) is 0 Å². The van der Waals surface area contributed by atoms with Crippen LogP contribution in [0.25, 0.3) is 0 Å². The number of ether oxygens (including phenoxy) is 1. The third-order valence-corrected chi connectivity index (χ3v) is 3.54. The molecule has 1 amide bonds. The molecule has 2 rings (SSSR count). The summed E-state index contributed by atoms with van der Waals surface area (Å²) >= 11 is 0. The molecule has 1 saturated carbocycles. The summed E-state index contributed by atoms with van der Waals surface area (Å²) in [5, 5.41) is 16.0. The molecule has 1 aliphatic carbocycles. The number of amides is 1. The van der Waals surface area contributed by atoms with Gasteiger partial charge in [-0.2, -0.15) is 0 Å². The Hall–Kier alpha value is -1.40.